The van der Waals surface area contributed by atoms with E-state index in [1.807, 2.05) is 12.1 Å². The second-order valence-corrected chi connectivity index (χ2v) is 8.98. The average molecular weight is 413 g/mol. The third-order valence-corrected chi connectivity index (χ3v) is 7.08. The minimum atomic E-state index is -3.68. The predicted molar refractivity (Wildman–Crippen MR) is 110 cm³/mol. The van der Waals surface area contributed by atoms with Crippen molar-refractivity contribution in [3.8, 4) is 11.5 Å². The number of benzene rings is 2. The van der Waals surface area contributed by atoms with Crippen LogP contribution in [-0.2, 0) is 21.1 Å². The predicted octanol–water partition coefficient (Wildman–Crippen LogP) is 3.07. The topological polar surface area (TPSA) is 72.9 Å². The summed E-state index contributed by atoms with van der Waals surface area (Å²) in [6, 6.07) is 11.8. The summed E-state index contributed by atoms with van der Waals surface area (Å²) in [6.45, 7) is 0.550. The van der Waals surface area contributed by atoms with E-state index in [9.17, 15) is 13.2 Å². The number of hydrogen-bond acceptors (Lipinski definition) is 5. The van der Waals surface area contributed by atoms with E-state index in [-0.39, 0.29) is 16.8 Å². The first-order valence-electron chi connectivity index (χ1n) is 9.51. The van der Waals surface area contributed by atoms with Crippen LogP contribution in [0.15, 0.2) is 52.8 Å². The Labute approximate surface area is 170 Å². The molecule has 1 amide bonds. The highest BCUT2D eigenvalue weighted by Gasteiger charge is 2.37. The van der Waals surface area contributed by atoms with Gasteiger partial charge < -0.3 is 14.4 Å². The van der Waals surface area contributed by atoms with E-state index in [0.717, 1.165) is 11.1 Å². The molecule has 1 saturated heterocycles. The molecule has 1 fully saturated rings. The molecule has 2 heterocycles. The maximum atomic E-state index is 13.1. The van der Waals surface area contributed by atoms with Crippen molar-refractivity contribution in [3.05, 3.63) is 59.0 Å². The van der Waals surface area contributed by atoms with Crippen LogP contribution in [0.2, 0.25) is 0 Å². The third kappa shape index (κ3) is 3.51. The fourth-order valence-corrected chi connectivity index (χ4v) is 5.43. The third-order valence-electron chi connectivity index (χ3n) is 5.58. The Morgan fingerprint density at radius 2 is 1.72 bits per heavy atom. The van der Waals surface area contributed by atoms with Gasteiger partial charge in [0.25, 0.3) is 0 Å². The monoisotopic (exact) mass is 413 g/mol. The lowest BCUT2D eigenvalue weighted by atomic mass is 9.94. The second-order valence-electron chi connectivity index (χ2n) is 7.19. The highest BCUT2D eigenvalue weighted by atomic mass is 32.2. The lowest BCUT2D eigenvalue weighted by Crippen LogP contribution is -2.34. The van der Waals surface area contributed by atoms with Crippen LogP contribution in [-0.4, -0.2) is 46.0 Å². The molecule has 4 rings (SSSR count). The van der Waals surface area contributed by atoms with Crippen molar-refractivity contribution >= 4 is 21.3 Å². The average Bonchev–Trinajstić information content (AvgIpc) is 3.03. The Morgan fingerprint density at radius 1 is 1.03 bits per heavy atom. The summed E-state index contributed by atoms with van der Waals surface area (Å²) in [6.07, 6.45) is 1.65. The SMILES string of the molecule is COc1cc2c(cc1OC)/C(=C/S(=O)(=O)c1ccccc1)C1CCC(=O)N1CC2. The lowest BCUT2D eigenvalue weighted by Gasteiger charge is -2.24. The number of ether oxygens (including phenoxy) is 2. The van der Waals surface area contributed by atoms with Gasteiger partial charge in [0.15, 0.2) is 21.3 Å². The number of rotatable bonds is 4. The molecule has 1 unspecified atom stereocenters. The summed E-state index contributed by atoms with van der Waals surface area (Å²) < 4.78 is 37.1. The van der Waals surface area contributed by atoms with Crippen LogP contribution in [0.5, 0.6) is 11.5 Å². The summed E-state index contributed by atoms with van der Waals surface area (Å²) in [4.78, 5) is 14.5. The Balaban J connectivity index is 1.93. The number of sulfone groups is 1. The molecular weight excluding hydrogens is 390 g/mol. The Hall–Kier alpha value is -2.80. The molecule has 0 N–H and O–H groups in total. The largest absolute Gasteiger partial charge is 0.493 e. The van der Waals surface area contributed by atoms with Gasteiger partial charge in [-0.25, -0.2) is 8.42 Å². The summed E-state index contributed by atoms with van der Waals surface area (Å²) in [7, 11) is -0.561. The number of hydrogen-bond donors (Lipinski definition) is 0. The van der Waals surface area contributed by atoms with Gasteiger partial charge in [-0.1, -0.05) is 18.2 Å². The first kappa shape index (κ1) is 19.5. The van der Waals surface area contributed by atoms with Crippen LogP contribution in [0.3, 0.4) is 0 Å². The molecule has 0 spiro atoms. The molecule has 0 aromatic heterocycles. The van der Waals surface area contributed by atoms with Crippen molar-refractivity contribution < 1.29 is 22.7 Å². The highest BCUT2D eigenvalue weighted by Crippen LogP contribution is 2.41. The van der Waals surface area contributed by atoms with Gasteiger partial charge in [0.2, 0.25) is 5.91 Å². The van der Waals surface area contributed by atoms with Crippen molar-refractivity contribution in [2.75, 3.05) is 20.8 Å². The minimum absolute atomic E-state index is 0.0599. The molecule has 2 aromatic rings. The summed E-state index contributed by atoms with van der Waals surface area (Å²) >= 11 is 0. The minimum Gasteiger partial charge on any atom is -0.493 e. The van der Waals surface area contributed by atoms with Gasteiger partial charge in [0, 0.05) is 18.4 Å². The molecule has 2 aromatic carbocycles. The maximum absolute atomic E-state index is 13.1. The maximum Gasteiger partial charge on any atom is 0.223 e. The highest BCUT2D eigenvalue weighted by molar-refractivity contribution is 7.94. The van der Waals surface area contributed by atoms with Crippen molar-refractivity contribution in [1.29, 1.82) is 0 Å². The molecule has 29 heavy (non-hydrogen) atoms. The standard InChI is InChI=1S/C22H23NO5S/c1-27-20-12-15-10-11-23-19(8-9-22(23)24)18(17(15)13-21(20)28-2)14-29(25,26)16-6-4-3-5-7-16/h3-7,12-14,19H,8-11H2,1-2H3/b18-14-. The van der Waals surface area contributed by atoms with E-state index in [4.69, 9.17) is 9.47 Å². The molecule has 152 valence electrons. The van der Waals surface area contributed by atoms with E-state index >= 15 is 0 Å². The van der Waals surface area contributed by atoms with Crippen LogP contribution >= 0.6 is 0 Å². The van der Waals surface area contributed by atoms with E-state index < -0.39 is 9.84 Å². The number of carbonyl (C=O) groups is 1. The quantitative estimate of drug-likeness (QED) is 0.770. The molecule has 2 aliphatic rings. The molecule has 0 bridgehead atoms. The van der Waals surface area contributed by atoms with Crippen LogP contribution in [0, 0.1) is 0 Å². The van der Waals surface area contributed by atoms with Crippen LogP contribution in [0.25, 0.3) is 5.57 Å². The van der Waals surface area contributed by atoms with E-state index in [2.05, 4.69) is 0 Å². The zero-order valence-corrected chi connectivity index (χ0v) is 17.2. The van der Waals surface area contributed by atoms with Gasteiger partial charge in [0.05, 0.1) is 25.2 Å². The smallest absolute Gasteiger partial charge is 0.223 e. The Morgan fingerprint density at radius 3 is 2.41 bits per heavy atom. The molecule has 1 atom stereocenters. The van der Waals surface area contributed by atoms with Gasteiger partial charge in [0.1, 0.15) is 0 Å². The lowest BCUT2D eigenvalue weighted by molar-refractivity contribution is -0.128. The normalized spacial score (nSPS) is 20.2. The first-order valence-corrected chi connectivity index (χ1v) is 11.1. The van der Waals surface area contributed by atoms with Crippen molar-refractivity contribution in [2.24, 2.45) is 0 Å². The molecule has 2 aliphatic heterocycles. The van der Waals surface area contributed by atoms with Gasteiger partial charge in [-0.3, -0.25) is 4.79 Å². The summed E-state index contributed by atoms with van der Waals surface area (Å²) in [5.41, 5.74) is 2.37. The molecular formula is C22H23NO5S. The molecule has 7 heteroatoms. The molecule has 0 aliphatic carbocycles. The second kappa shape index (κ2) is 7.55. The van der Waals surface area contributed by atoms with Gasteiger partial charge in [-0.15, -0.1) is 0 Å². The Kier molecular flexibility index (Phi) is 5.08. The van der Waals surface area contributed by atoms with Crippen molar-refractivity contribution in [1.82, 2.24) is 4.90 Å². The molecule has 6 nitrogen and oxygen atoms in total. The van der Waals surface area contributed by atoms with Gasteiger partial charge in [-0.05, 0) is 53.8 Å². The van der Waals surface area contributed by atoms with Crippen molar-refractivity contribution in [2.45, 2.75) is 30.2 Å². The summed E-state index contributed by atoms with van der Waals surface area (Å²) in [5.74, 6) is 1.18. The number of amides is 1. The van der Waals surface area contributed by atoms with Gasteiger partial charge >= 0.3 is 0 Å². The number of methoxy groups -OCH3 is 2. The fourth-order valence-electron chi connectivity index (χ4n) is 4.14. The number of fused-ring (bicyclic) bond motifs is 2. The van der Waals surface area contributed by atoms with E-state index in [0.29, 0.717) is 42.9 Å². The van der Waals surface area contributed by atoms with Gasteiger partial charge in [-0.2, -0.15) is 0 Å². The number of nitrogens with zero attached hydrogens (tertiary/aromatic N) is 1. The summed E-state index contributed by atoms with van der Waals surface area (Å²) in [5, 5.41) is 1.33. The van der Waals surface area contributed by atoms with E-state index in [1.54, 1.807) is 49.5 Å². The van der Waals surface area contributed by atoms with E-state index in [1.165, 1.54) is 5.41 Å². The zero-order valence-electron chi connectivity index (χ0n) is 16.4. The first-order chi connectivity index (χ1) is 13.9. The van der Waals surface area contributed by atoms with Crippen molar-refractivity contribution in [3.63, 3.8) is 0 Å². The number of carbonyl (C=O) groups excluding carboxylic acids is 1. The Bertz CT molecular complexity index is 1080. The van der Waals surface area contributed by atoms with Crippen LogP contribution < -0.4 is 9.47 Å². The van der Waals surface area contributed by atoms with Crippen LogP contribution in [0.4, 0.5) is 0 Å². The fraction of sp³-hybridized carbons (Fsp3) is 0.318. The molecule has 0 radical (unpaired) electrons. The zero-order chi connectivity index (χ0) is 20.6. The molecule has 0 saturated carbocycles. The van der Waals surface area contributed by atoms with Crippen LogP contribution in [0.1, 0.15) is 24.0 Å².